The number of hydrogen-bond acceptors (Lipinski definition) is 9. The first-order chi connectivity index (χ1) is 20.4. The van der Waals surface area contributed by atoms with Crippen molar-refractivity contribution in [2.24, 2.45) is 17.6 Å². The molecule has 0 spiro atoms. The molecule has 0 aromatic heterocycles. The molecule has 11 nitrogen and oxygen atoms in total. The summed E-state index contributed by atoms with van der Waals surface area (Å²) in [4.78, 5) is 51.3. The second-order valence-electron chi connectivity index (χ2n) is 10.9. The molecule has 236 valence electrons. The van der Waals surface area contributed by atoms with Crippen LogP contribution in [0, 0.1) is 11.8 Å². The van der Waals surface area contributed by atoms with Gasteiger partial charge in [-0.1, -0.05) is 44.2 Å². The molecule has 0 aromatic carbocycles. The van der Waals surface area contributed by atoms with E-state index in [9.17, 15) is 19.2 Å². The average Bonchev–Trinajstić information content (AvgIpc) is 2.95. The SMILES string of the molecule is C=CCN[C@@H]1[C@@H](OC)C[C@H](C)CC2=C(NC)C(=O)C=C(NC(=O)/C(C)=C/C=C\[C@@H](OC)[C@@H](OC(N)=O)/C(C)=C/[C@@H]1C)C2=O. The van der Waals surface area contributed by atoms with Crippen molar-refractivity contribution in [3.63, 3.8) is 0 Å². The van der Waals surface area contributed by atoms with Gasteiger partial charge in [-0.25, -0.2) is 4.79 Å². The van der Waals surface area contributed by atoms with Crippen molar-refractivity contribution in [2.45, 2.75) is 64.9 Å². The number of fused-ring (bicyclic) bond motifs is 2. The molecule has 2 rings (SSSR count). The minimum absolute atomic E-state index is 0.0854. The smallest absolute Gasteiger partial charge is 0.405 e. The van der Waals surface area contributed by atoms with Crippen LogP contribution in [0.25, 0.3) is 0 Å². The van der Waals surface area contributed by atoms with Gasteiger partial charge in [0.15, 0.2) is 6.10 Å². The summed E-state index contributed by atoms with van der Waals surface area (Å²) < 4.78 is 17.1. The zero-order chi connectivity index (χ0) is 32.3. The molecule has 5 N–H and O–H groups in total. The lowest BCUT2D eigenvalue weighted by Crippen LogP contribution is -2.46. The molecule has 2 amide bonds. The maximum Gasteiger partial charge on any atom is 0.405 e. The number of likely N-dealkylation sites (N-methyl/N-ethyl adjacent to an activating group) is 1. The van der Waals surface area contributed by atoms with E-state index >= 15 is 0 Å². The number of ether oxygens (including phenoxy) is 3. The fourth-order valence-electron chi connectivity index (χ4n) is 5.41. The van der Waals surface area contributed by atoms with Crippen LogP contribution in [0.2, 0.25) is 0 Å². The highest BCUT2D eigenvalue weighted by Crippen LogP contribution is 2.28. The number of nitrogens with one attached hydrogen (secondary N) is 3. The summed E-state index contributed by atoms with van der Waals surface area (Å²) in [6.07, 6.45) is 7.64. The van der Waals surface area contributed by atoms with Gasteiger partial charge in [-0.15, -0.1) is 6.58 Å². The molecule has 1 heterocycles. The molecule has 0 saturated heterocycles. The van der Waals surface area contributed by atoms with Gasteiger partial charge >= 0.3 is 6.09 Å². The topological polar surface area (TPSA) is 158 Å². The summed E-state index contributed by atoms with van der Waals surface area (Å²) in [5, 5.41) is 8.95. The number of allylic oxidation sites excluding steroid dienone is 4. The lowest BCUT2D eigenvalue weighted by molar-refractivity contribution is -0.120. The molecule has 1 aliphatic carbocycles. The molecule has 0 saturated carbocycles. The van der Waals surface area contributed by atoms with Crippen LogP contribution in [-0.2, 0) is 28.6 Å². The van der Waals surface area contributed by atoms with Gasteiger partial charge in [0, 0.05) is 51.1 Å². The Balaban J connectivity index is 2.68. The van der Waals surface area contributed by atoms with Gasteiger partial charge in [-0.2, -0.15) is 0 Å². The zero-order valence-corrected chi connectivity index (χ0v) is 26.2. The first-order valence-electron chi connectivity index (χ1n) is 14.3. The fraction of sp³-hybridized carbons (Fsp3) is 0.500. The first-order valence-corrected chi connectivity index (χ1v) is 14.3. The molecule has 2 aliphatic rings. The van der Waals surface area contributed by atoms with Crippen LogP contribution in [0.4, 0.5) is 4.79 Å². The molecular formula is C32H46N4O7. The fourth-order valence-corrected chi connectivity index (χ4v) is 5.41. The Morgan fingerprint density at radius 2 is 1.88 bits per heavy atom. The number of ketones is 2. The Labute approximate surface area is 254 Å². The second kappa shape index (κ2) is 16.7. The lowest BCUT2D eigenvalue weighted by atomic mass is 9.84. The molecule has 11 heteroatoms. The minimum Gasteiger partial charge on any atom is -0.439 e. The van der Waals surface area contributed by atoms with E-state index < -0.39 is 35.8 Å². The third-order valence-corrected chi connectivity index (χ3v) is 7.59. The number of Topliss-reactive ketones (excluding diaryl/α,β-unsaturated/α-hetero) is 1. The zero-order valence-electron chi connectivity index (χ0n) is 26.2. The van der Waals surface area contributed by atoms with E-state index in [4.69, 9.17) is 19.9 Å². The van der Waals surface area contributed by atoms with E-state index in [-0.39, 0.29) is 47.4 Å². The molecule has 0 fully saturated rings. The third kappa shape index (κ3) is 9.60. The highest BCUT2D eigenvalue weighted by molar-refractivity contribution is 6.23. The maximum atomic E-state index is 13.5. The number of methoxy groups -OCH3 is 2. The van der Waals surface area contributed by atoms with Gasteiger partial charge in [0.1, 0.15) is 6.10 Å². The van der Waals surface area contributed by atoms with E-state index in [1.54, 1.807) is 39.3 Å². The van der Waals surface area contributed by atoms with Crippen LogP contribution in [0.1, 0.15) is 40.5 Å². The summed E-state index contributed by atoms with van der Waals surface area (Å²) in [6.45, 7) is 11.8. The Bertz CT molecular complexity index is 1230. The van der Waals surface area contributed by atoms with Crippen molar-refractivity contribution >= 4 is 23.6 Å². The van der Waals surface area contributed by atoms with Crippen molar-refractivity contribution in [1.82, 2.24) is 16.0 Å². The van der Waals surface area contributed by atoms with E-state index in [1.807, 2.05) is 26.8 Å². The monoisotopic (exact) mass is 598 g/mol. The molecule has 0 aromatic rings. The lowest BCUT2D eigenvalue weighted by Gasteiger charge is -2.33. The maximum absolute atomic E-state index is 13.5. The second-order valence-corrected chi connectivity index (χ2v) is 10.9. The average molecular weight is 599 g/mol. The van der Waals surface area contributed by atoms with Crippen LogP contribution in [-0.4, -0.2) is 75.7 Å². The normalized spacial score (nSPS) is 31.1. The molecule has 0 unspecified atom stereocenters. The van der Waals surface area contributed by atoms with Crippen molar-refractivity contribution in [2.75, 3.05) is 27.8 Å². The highest BCUT2D eigenvalue weighted by Gasteiger charge is 2.33. The first kappa shape index (κ1) is 35.4. The van der Waals surface area contributed by atoms with Gasteiger partial charge in [0.25, 0.3) is 5.91 Å². The Morgan fingerprint density at radius 1 is 1.19 bits per heavy atom. The Hall–Kier alpha value is -3.80. The summed E-state index contributed by atoms with van der Waals surface area (Å²) in [5.74, 6) is -1.56. The van der Waals surface area contributed by atoms with Crippen molar-refractivity contribution in [1.29, 1.82) is 0 Å². The largest absolute Gasteiger partial charge is 0.439 e. The van der Waals surface area contributed by atoms with Gasteiger partial charge in [0.05, 0.1) is 17.5 Å². The summed E-state index contributed by atoms with van der Waals surface area (Å²) >= 11 is 0. The van der Waals surface area contributed by atoms with Gasteiger partial charge < -0.3 is 35.9 Å². The van der Waals surface area contributed by atoms with Crippen LogP contribution in [0.3, 0.4) is 0 Å². The minimum atomic E-state index is -0.955. The molecular weight excluding hydrogens is 552 g/mol. The van der Waals surface area contributed by atoms with Crippen molar-refractivity contribution in [3.8, 4) is 0 Å². The van der Waals surface area contributed by atoms with Crippen LogP contribution in [0.5, 0.6) is 0 Å². The van der Waals surface area contributed by atoms with E-state index in [1.165, 1.54) is 13.2 Å². The Morgan fingerprint density at radius 3 is 2.47 bits per heavy atom. The standard InChI is InChI=1S/C32H46N4O7/c1-9-13-35-27-20(4)16-21(5)30(43-32(33)40)25(41-7)12-10-11-19(3)31(39)36-23-17-24(37)28(34-6)22(29(23)38)14-18(2)15-26(27)42-8/h9-12,16-18,20,25-27,30,34-35H,1,13-15H2,2-8H3,(H2,33,40)(H,36,39)/b12-10-,19-11+,21-16+/t18-,20+,25-,26+,27+,30+/m1/s1. The number of primary amides is 1. The van der Waals surface area contributed by atoms with Crippen molar-refractivity contribution in [3.05, 3.63) is 71.1 Å². The predicted molar refractivity (Wildman–Crippen MR) is 165 cm³/mol. The summed E-state index contributed by atoms with van der Waals surface area (Å²) in [5.41, 5.74) is 6.83. The molecule has 0 radical (unpaired) electrons. The molecule has 6 atom stereocenters. The highest BCUT2D eigenvalue weighted by atomic mass is 16.6. The molecule has 2 bridgehead atoms. The summed E-state index contributed by atoms with van der Waals surface area (Å²) in [6, 6.07) is -0.199. The Kier molecular flexibility index (Phi) is 13.8. The number of carbonyl (C=O) groups is 4. The molecule has 43 heavy (non-hydrogen) atoms. The number of nitrogens with two attached hydrogens (primary N) is 1. The summed E-state index contributed by atoms with van der Waals surface area (Å²) in [7, 11) is 4.69. The number of carbonyl (C=O) groups excluding carboxylic acids is 4. The van der Waals surface area contributed by atoms with Crippen LogP contribution < -0.4 is 21.7 Å². The van der Waals surface area contributed by atoms with Crippen molar-refractivity contribution < 1.29 is 33.4 Å². The molecule has 1 aliphatic heterocycles. The van der Waals surface area contributed by atoms with E-state index in [2.05, 4.69) is 22.5 Å². The number of amides is 2. The van der Waals surface area contributed by atoms with Gasteiger partial charge in [-0.05, 0) is 44.1 Å². The van der Waals surface area contributed by atoms with E-state index in [0.29, 0.717) is 24.1 Å². The van der Waals surface area contributed by atoms with Gasteiger partial charge in [-0.3, -0.25) is 14.4 Å². The quantitative estimate of drug-likeness (QED) is 0.255. The number of hydrogen-bond donors (Lipinski definition) is 4. The predicted octanol–water partition coefficient (Wildman–Crippen LogP) is 2.76. The van der Waals surface area contributed by atoms with E-state index in [0.717, 1.165) is 6.08 Å². The van der Waals surface area contributed by atoms with Crippen LogP contribution in [0.15, 0.2) is 71.1 Å². The number of rotatable bonds is 7. The van der Waals surface area contributed by atoms with Crippen LogP contribution >= 0.6 is 0 Å². The van der Waals surface area contributed by atoms with Gasteiger partial charge in [0.2, 0.25) is 11.6 Å². The third-order valence-electron chi connectivity index (χ3n) is 7.59.